The van der Waals surface area contributed by atoms with Gasteiger partial charge in [-0.2, -0.15) is 0 Å². The highest BCUT2D eigenvalue weighted by Crippen LogP contribution is 2.35. The maximum absolute atomic E-state index is 13.0. The van der Waals surface area contributed by atoms with Crippen LogP contribution >= 0.6 is 0 Å². The van der Waals surface area contributed by atoms with E-state index in [-0.39, 0.29) is 10.6 Å². The Morgan fingerprint density at radius 3 is 2.06 bits per heavy atom. The van der Waals surface area contributed by atoms with Crippen molar-refractivity contribution in [1.82, 2.24) is 0 Å². The zero-order valence-electron chi connectivity index (χ0n) is 18.7. The molecule has 1 aliphatic rings. The zero-order valence-corrected chi connectivity index (χ0v) is 19.5. The van der Waals surface area contributed by atoms with E-state index in [1.54, 1.807) is 36.4 Å². The smallest absolute Gasteiger partial charge is 0.261 e. The lowest BCUT2D eigenvalue weighted by Crippen LogP contribution is -2.40. The molecule has 172 valence electrons. The van der Waals surface area contributed by atoms with Gasteiger partial charge in [0.25, 0.3) is 10.0 Å². The van der Waals surface area contributed by atoms with Crippen LogP contribution in [0.25, 0.3) is 0 Å². The van der Waals surface area contributed by atoms with Gasteiger partial charge in [-0.3, -0.25) is 4.72 Å². The molecule has 4 aromatic carbocycles. The molecule has 1 aliphatic heterocycles. The normalized spacial score (nSPS) is 13.9. The first-order valence-electron chi connectivity index (χ1n) is 11.0. The average Bonchev–Trinajstić information content (AvgIpc) is 3.15. The van der Waals surface area contributed by atoms with Gasteiger partial charge < -0.3 is 15.4 Å². The molecule has 0 aromatic heterocycles. The number of sulfonamides is 1. The van der Waals surface area contributed by atoms with Gasteiger partial charge in [0, 0.05) is 12.5 Å². The summed E-state index contributed by atoms with van der Waals surface area (Å²) in [4.78, 5) is 0.200. The van der Waals surface area contributed by atoms with Crippen LogP contribution in [0, 0.1) is 0 Å². The van der Waals surface area contributed by atoms with Gasteiger partial charge in [-0.25, -0.2) is 8.42 Å². The number of hydrogen-bond donors (Lipinski definition) is 3. The molecule has 0 atom stereocenters. The Kier molecular flexibility index (Phi) is 5.63. The lowest BCUT2D eigenvalue weighted by atomic mass is 10.0. The molecule has 0 unspecified atom stereocenters. The number of benzene rings is 4. The summed E-state index contributed by atoms with van der Waals surface area (Å²) >= 11 is 0. The SMILES string of the molecule is CC1(Cc2ccc(S(=O)(=O)Nc3cccc(Oc4ccccc4)c3)cc2)Nc2ccccc2N1. The van der Waals surface area contributed by atoms with Crippen molar-refractivity contribution >= 4 is 27.1 Å². The summed E-state index contributed by atoms with van der Waals surface area (Å²) < 4.78 is 34.4. The molecule has 0 radical (unpaired) electrons. The average molecular weight is 472 g/mol. The van der Waals surface area contributed by atoms with Gasteiger partial charge >= 0.3 is 0 Å². The molecule has 0 bridgehead atoms. The highest BCUT2D eigenvalue weighted by atomic mass is 32.2. The molecular weight excluding hydrogens is 446 g/mol. The van der Waals surface area contributed by atoms with Gasteiger partial charge in [0.2, 0.25) is 0 Å². The van der Waals surface area contributed by atoms with Gasteiger partial charge in [0.05, 0.1) is 22.0 Å². The Labute approximate surface area is 199 Å². The first-order valence-corrected chi connectivity index (χ1v) is 12.5. The van der Waals surface area contributed by atoms with Crippen molar-refractivity contribution in [3.63, 3.8) is 0 Å². The largest absolute Gasteiger partial charge is 0.457 e. The minimum Gasteiger partial charge on any atom is -0.457 e. The van der Waals surface area contributed by atoms with E-state index >= 15 is 0 Å². The van der Waals surface area contributed by atoms with Crippen LogP contribution in [0.15, 0.2) is 108 Å². The van der Waals surface area contributed by atoms with Crippen LogP contribution < -0.4 is 20.1 Å². The lowest BCUT2D eigenvalue weighted by Gasteiger charge is -2.26. The van der Waals surface area contributed by atoms with Gasteiger partial charge in [0.1, 0.15) is 17.2 Å². The number of para-hydroxylation sites is 3. The predicted octanol–water partition coefficient (Wildman–Crippen LogP) is 6.08. The molecule has 6 nitrogen and oxygen atoms in total. The number of ether oxygens (including phenoxy) is 1. The van der Waals surface area contributed by atoms with Crippen molar-refractivity contribution in [3.8, 4) is 11.5 Å². The molecule has 1 heterocycles. The maximum atomic E-state index is 13.0. The van der Waals surface area contributed by atoms with Crippen molar-refractivity contribution in [1.29, 1.82) is 0 Å². The van der Waals surface area contributed by atoms with E-state index in [4.69, 9.17) is 4.74 Å². The molecule has 4 aromatic rings. The van der Waals surface area contributed by atoms with Crippen LogP contribution in [-0.2, 0) is 16.4 Å². The van der Waals surface area contributed by atoms with E-state index in [9.17, 15) is 8.42 Å². The first kappa shape index (κ1) is 21.9. The van der Waals surface area contributed by atoms with E-state index in [1.165, 1.54) is 0 Å². The van der Waals surface area contributed by atoms with Crippen molar-refractivity contribution < 1.29 is 13.2 Å². The standard InChI is InChI=1S/C27H25N3O3S/c1-27(28-25-12-5-6-13-26(25)29-27)19-20-14-16-24(17-15-20)34(31,32)30-21-8-7-11-23(18-21)33-22-9-3-2-4-10-22/h2-18,28-30H,19H2,1H3. The van der Waals surface area contributed by atoms with Gasteiger partial charge in [-0.15, -0.1) is 0 Å². The number of anilines is 3. The summed E-state index contributed by atoms with van der Waals surface area (Å²) in [5.74, 6) is 1.23. The Bertz CT molecular complexity index is 1380. The van der Waals surface area contributed by atoms with Crippen molar-refractivity contribution in [2.45, 2.75) is 23.9 Å². The molecule has 0 spiro atoms. The molecule has 3 N–H and O–H groups in total. The molecule has 0 fully saturated rings. The van der Waals surface area contributed by atoms with E-state index in [0.29, 0.717) is 23.6 Å². The summed E-state index contributed by atoms with van der Waals surface area (Å²) in [6, 6.07) is 31.3. The van der Waals surface area contributed by atoms with Crippen molar-refractivity contribution in [2.75, 3.05) is 15.4 Å². The summed E-state index contributed by atoms with van der Waals surface area (Å²) in [5.41, 5.74) is 3.23. The fraction of sp³-hybridized carbons (Fsp3) is 0.111. The minimum atomic E-state index is -3.74. The summed E-state index contributed by atoms with van der Waals surface area (Å²) in [6.45, 7) is 2.09. The Morgan fingerprint density at radius 2 is 1.38 bits per heavy atom. The zero-order chi connectivity index (χ0) is 23.6. The third-order valence-corrected chi connectivity index (χ3v) is 7.00. The van der Waals surface area contributed by atoms with Crippen LogP contribution in [0.5, 0.6) is 11.5 Å². The third-order valence-electron chi connectivity index (χ3n) is 5.60. The quantitative estimate of drug-likeness (QED) is 0.305. The van der Waals surface area contributed by atoms with Gasteiger partial charge in [-0.1, -0.05) is 48.5 Å². The van der Waals surface area contributed by atoms with Gasteiger partial charge in [0.15, 0.2) is 0 Å². The Morgan fingerprint density at radius 1 is 0.765 bits per heavy atom. The second-order valence-electron chi connectivity index (χ2n) is 8.50. The van der Waals surface area contributed by atoms with E-state index in [1.807, 2.05) is 66.7 Å². The van der Waals surface area contributed by atoms with Crippen LogP contribution in [-0.4, -0.2) is 14.1 Å². The monoisotopic (exact) mass is 471 g/mol. The van der Waals surface area contributed by atoms with Crippen molar-refractivity contribution in [3.05, 3.63) is 109 Å². The highest BCUT2D eigenvalue weighted by Gasteiger charge is 2.31. The molecule has 0 aliphatic carbocycles. The molecule has 7 heteroatoms. The van der Waals surface area contributed by atoms with E-state index in [2.05, 4.69) is 22.3 Å². The fourth-order valence-electron chi connectivity index (χ4n) is 4.07. The Balaban J connectivity index is 1.27. The topological polar surface area (TPSA) is 79.5 Å². The molecule has 0 saturated heterocycles. The summed E-state index contributed by atoms with van der Waals surface area (Å²) in [5, 5.41) is 7.01. The van der Waals surface area contributed by atoms with Crippen molar-refractivity contribution in [2.24, 2.45) is 0 Å². The molecule has 0 amide bonds. The van der Waals surface area contributed by atoms with Crippen LogP contribution in [0.1, 0.15) is 12.5 Å². The number of rotatable bonds is 7. The molecule has 5 rings (SSSR count). The highest BCUT2D eigenvalue weighted by molar-refractivity contribution is 7.92. The number of fused-ring (bicyclic) bond motifs is 1. The summed E-state index contributed by atoms with van der Waals surface area (Å²) in [7, 11) is -3.74. The van der Waals surface area contributed by atoms with Crippen LogP contribution in [0.3, 0.4) is 0 Å². The fourth-order valence-corrected chi connectivity index (χ4v) is 5.12. The van der Waals surface area contributed by atoms with Crippen LogP contribution in [0.2, 0.25) is 0 Å². The summed E-state index contributed by atoms with van der Waals surface area (Å²) in [6.07, 6.45) is 0.689. The molecule has 34 heavy (non-hydrogen) atoms. The van der Waals surface area contributed by atoms with E-state index < -0.39 is 10.0 Å². The minimum absolute atomic E-state index is 0.200. The van der Waals surface area contributed by atoms with Crippen LogP contribution in [0.4, 0.5) is 17.1 Å². The lowest BCUT2D eigenvalue weighted by molar-refractivity contribution is 0.483. The van der Waals surface area contributed by atoms with E-state index in [0.717, 1.165) is 16.9 Å². The second kappa shape index (κ2) is 8.76. The number of hydrogen-bond acceptors (Lipinski definition) is 5. The Hall–Kier alpha value is -3.97. The molecule has 0 saturated carbocycles. The first-order chi connectivity index (χ1) is 16.4. The predicted molar refractivity (Wildman–Crippen MR) is 136 cm³/mol. The molecular formula is C27H25N3O3S. The van der Waals surface area contributed by atoms with Gasteiger partial charge in [-0.05, 0) is 61.0 Å². The number of nitrogens with one attached hydrogen (secondary N) is 3. The second-order valence-corrected chi connectivity index (χ2v) is 10.2. The maximum Gasteiger partial charge on any atom is 0.261 e. The third kappa shape index (κ3) is 4.84.